The molecule has 4 nitrogen and oxygen atoms in total. The second-order valence-electron chi connectivity index (χ2n) is 7.17. The molecule has 0 radical (unpaired) electrons. The maximum absolute atomic E-state index is 9.60. The third kappa shape index (κ3) is 2.82. The molecule has 0 saturated heterocycles. The molecule has 5 aromatic rings. The van der Waals surface area contributed by atoms with Crippen molar-refractivity contribution >= 4 is 27.5 Å². The summed E-state index contributed by atoms with van der Waals surface area (Å²) in [5.41, 5.74) is 6.13. The molecule has 0 N–H and O–H groups in total. The van der Waals surface area contributed by atoms with Crippen LogP contribution in [0.5, 0.6) is 0 Å². The Bertz CT molecular complexity index is 1570. The smallest absolute Gasteiger partial charge is 0.196 e. The molecular formula is C27H14N4. The number of rotatable bonds is 2. The third-order valence-corrected chi connectivity index (χ3v) is 5.50. The van der Waals surface area contributed by atoms with Gasteiger partial charge in [-0.1, -0.05) is 36.4 Å². The van der Waals surface area contributed by atoms with Crippen LogP contribution >= 0.6 is 0 Å². The summed E-state index contributed by atoms with van der Waals surface area (Å²) in [6, 6.07) is 31.3. The van der Waals surface area contributed by atoms with E-state index in [1.807, 2.05) is 48.5 Å². The zero-order valence-corrected chi connectivity index (χ0v) is 16.4. The van der Waals surface area contributed by atoms with Crippen LogP contribution in [0.2, 0.25) is 0 Å². The maximum atomic E-state index is 9.60. The molecule has 0 fully saturated rings. The Labute approximate surface area is 179 Å². The number of hydrogen-bond donors (Lipinski definition) is 0. The van der Waals surface area contributed by atoms with E-state index in [1.54, 1.807) is 18.2 Å². The van der Waals surface area contributed by atoms with Crippen LogP contribution in [0.15, 0.2) is 84.9 Å². The van der Waals surface area contributed by atoms with Gasteiger partial charge in [0.1, 0.15) is 0 Å². The van der Waals surface area contributed by atoms with Gasteiger partial charge in [0, 0.05) is 27.6 Å². The molecule has 0 aliphatic carbocycles. The van der Waals surface area contributed by atoms with E-state index >= 15 is 0 Å². The number of aromatic nitrogens is 1. The number of fused-ring (bicyclic) bond motifs is 3. The van der Waals surface area contributed by atoms with E-state index in [-0.39, 0.29) is 0 Å². The van der Waals surface area contributed by atoms with Gasteiger partial charge in [-0.05, 0) is 54.1 Å². The van der Waals surface area contributed by atoms with Crippen LogP contribution in [-0.2, 0) is 0 Å². The molecule has 0 saturated carbocycles. The Hall–Kier alpha value is -4.85. The van der Waals surface area contributed by atoms with Gasteiger partial charge in [-0.3, -0.25) is 0 Å². The Morgan fingerprint density at radius 2 is 1.52 bits per heavy atom. The van der Waals surface area contributed by atoms with Gasteiger partial charge >= 0.3 is 0 Å². The highest BCUT2D eigenvalue weighted by molar-refractivity contribution is 6.10. The van der Waals surface area contributed by atoms with Crippen molar-refractivity contribution in [1.82, 2.24) is 4.57 Å². The lowest BCUT2D eigenvalue weighted by Gasteiger charge is -2.10. The normalized spacial score (nSPS) is 10.5. The van der Waals surface area contributed by atoms with E-state index in [2.05, 4.69) is 39.7 Å². The third-order valence-electron chi connectivity index (χ3n) is 5.50. The largest absolute Gasteiger partial charge is 0.309 e. The van der Waals surface area contributed by atoms with Gasteiger partial charge < -0.3 is 4.57 Å². The lowest BCUT2D eigenvalue weighted by molar-refractivity contribution is 1.18. The van der Waals surface area contributed by atoms with Crippen LogP contribution in [-0.4, -0.2) is 4.57 Å². The van der Waals surface area contributed by atoms with Gasteiger partial charge in [-0.15, -0.1) is 0 Å². The monoisotopic (exact) mass is 394 g/mol. The average Bonchev–Trinajstić information content (AvgIpc) is 3.17. The van der Waals surface area contributed by atoms with Crippen molar-refractivity contribution in [3.63, 3.8) is 0 Å². The van der Waals surface area contributed by atoms with Crippen molar-refractivity contribution in [3.05, 3.63) is 107 Å². The summed E-state index contributed by atoms with van der Waals surface area (Å²) in [7, 11) is 0. The van der Waals surface area contributed by atoms with Gasteiger partial charge in [0.2, 0.25) is 0 Å². The minimum absolute atomic E-state index is 0.467. The molecule has 0 atom stereocenters. The predicted octanol–water partition coefficient (Wildman–Crippen LogP) is 6.74. The summed E-state index contributed by atoms with van der Waals surface area (Å²) in [6.07, 6.45) is 0. The van der Waals surface area contributed by atoms with Crippen LogP contribution in [0, 0.1) is 29.2 Å². The summed E-state index contributed by atoms with van der Waals surface area (Å²) >= 11 is 0. The molecule has 0 aliphatic heterocycles. The maximum Gasteiger partial charge on any atom is 0.196 e. The highest BCUT2D eigenvalue weighted by Gasteiger charge is 2.16. The topological polar surface area (TPSA) is 56.9 Å². The lowest BCUT2D eigenvalue weighted by Crippen LogP contribution is -1.93. The van der Waals surface area contributed by atoms with Crippen molar-refractivity contribution < 1.29 is 0 Å². The number of hydrogen-bond acceptors (Lipinski definition) is 2. The Morgan fingerprint density at radius 3 is 2.26 bits per heavy atom. The first-order valence-corrected chi connectivity index (χ1v) is 9.70. The van der Waals surface area contributed by atoms with Gasteiger partial charge in [-0.25, -0.2) is 4.85 Å². The van der Waals surface area contributed by atoms with Crippen LogP contribution < -0.4 is 0 Å². The van der Waals surface area contributed by atoms with Crippen LogP contribution in [0.4, 0.5) is 5.69 Å². The summed E-state index contributed by atoms with van der Waals surface area (Å²) in [4.78, 5) is 3.63. The second kappa shape index (κ2) is 7.20. The summed E-state index contributed by atoms with van der Waals surface area (Å²) < 4.78 is 2.17. The molecule has 31 heavy (non-hydrogen) atoms. The Kier molecular flexibility index (Phi) is 4.22. The van der Waals surface area contributed by atoms with Gasteiger partial charge in [0.15, 0.2) is 5.69 Å². The molecule has 142 valence electrons. The van der Waals surface area contributed by atoms with Gasteiger partial charge in [0.05, 0.1) is 35.3 Å². The lowest BCUT2D eigenvalue weighted by atomic mass is 9.97. The molecule has 1 aromatic heterocycles. The molecule has 1 heterocycles. The molecule has 4 aromatic carbocycles. The first-order chi connectivity index (χ1) is 15.2. The fraction of sp³-hybridized carbons (Fsp3) is 0. The number of benzene rings is 4. The fourth-order valence-corrected chi connectivity index (χ4v) is 4.12. The first-order valence-electron chi connectivity index (χ1n) is 9.70. The number of nitrogens with zero attached hydrogens (tertiary/aromatic N) is 4. The minimum atomic E-state index is 0.467. The van der Waals surface area contributed by atoms with E-state index < -0.39 is 0 Å². The molecule has 0 spiro atoms. The zero-order valence-electron chi connectivity index (χ0n) is 16.4. The van der Waals surface area contributed by atoms with Crippen LogP contribution in [0.25, 0.3) is 43.5 Å². The molecule has 4 heteroatoms. The fourth-order valence-electron chi connectivity index (χ4n) is 4.12. The van der Waals surface area contributed by atoms with E-state index in [0.29, 0.717) is 22.4 Å². The van der Waals surface area contributed by atoms with E-state index in [0.717, 1.165) is 33.1 Å². The molecule has 0 aliphatic rings. The van der Waals surface area contributed by atoms with Crippen molar-refractivity contribution in [2.45, 2.75) is 0 Å². The molecule has 5 rings (SSSR count). The minimum Gasteiger partial charge on any atom is -0.309 e. The molecule has 0 bridgehead atoms. The molecule has 0 amide bonds. The Balaban J connectivity index is 1.83. The van der Waals surface area contributed by atoms with Crippen LogP contribution in [0.3, 0.4) is 0 Å². The van der Waals surface area contributed by atoms with Crippen molar-refractivity contribution in [2.75, 3.05) is 0 Å². The Morgan fingerprint density at radius 1 is 0.742 bits per heavy atom. The quantitative estimate of drug-likeness (QED) is 0.311. The summed E-state index contributed by atoms with van der Waals surface area (Å²) in [5.74, 6) is 0. The predicted molar refractivity (Wildman–Crippen MR) is 122 cm³/mol. The summed E-state index contributed by atoms with van der Waals surface area (Å²) in [5, 5.41) is 20.9. The standard InChI is InChI=1S/C27H14N4/c1-30-24-7-4-5-20(17-29)27(24)19-11-14-26-23(15-19)22-6-2-3-8-25(22)31(26)21-12-9-18(16-28)10-13-21/h2-15H. The van der Waals surface area contributed by atoms with Gasteiger partial charge in [-0.2, -0.15) is 10.5 Å². The van der Waals surface area contributed by atoms with E-state index in [9.17, 15) is 5.26 Å². The van der Waals surface area contributed by atoms with Crippen LogP contribution in [0.1, 0.15) is 11.1 Å². The van der Waals surface area contributed by atoms with E-state index in [1.165, 1.54) is 0 Å². The number of nitriles is 2. The van der Waals surface area contributed by atoms with Crippen molar-refractivity contribution in [2.24, 2.45) is 0 Å². The highest BCUT2D eigenvalue weighted by Crippen LogP contribution is 2.38. The highest BCUT2D eigenvalue weighted by atomic mass is 15.0. The zero-order chi connectivity index (χ0) is 21.4. The number of para-hydroxylation sites is 1. The van der Waals surface area contributed by atoms with Crippen molar-refractivity contribution in [1.29, 1.82) is 10.5 Å². The first kappa shape index (κ1) is 18.2. The molecule has 0 unspecified atom stereocenters. The van der Waals surface area contributed by atoms with Gasteiger partial charge in [0.25, 0.3) is 0 Å². The average molecular weight is 394 g/mol. The van der Waals surface area contributed by atoms with E-state index in [4.69, 9.17) is 11.8 Å². The SMILES string of the molecule is [C-]#[N+]c1cccc(C#N)c1-c1ccc2c(c1)c1ccccc1n2-c1ccc(C#N)cc1. The van der Waals surface area contributed by atoms with Crippen molar-refractivity contribution in [3.8, 4) is 29.0 Å². The molecular weight excluding hydrogens is 380 g/mol. The summed E-state index contributed by atoms with van der Waals surface area (Å²) in [6.45, 7) is 7.54. The second-order valence-corrected chi connectivity index (χ2v) is 7.17.